The Labute approximate surface area is 159 Å². The zero-order valence-electron chi connectivity index (χ0n) is 15.5. The summed E-state index contributed by atoms with van der Waals surface area (Å²) in [6.07, 6.45) is -2.22. The number of alkyl halides is 3. The maximum Gasteiger partial charge on any atom is 0.573 e. The third-order valence-electron chi connectivity index (χ3n) is 4.95. The molecule has 0 aliphatic heterocycles. The van der Waals surface area contributed by atoms with Crippen LogP contribution in [0.3, 0.4) is 0 Å². The van der Waals surface area contributed by atoms with Gasteiger partial charge in [0.2, 0.25) is 5.95 Å². The Morgan fingerprint density at radius 1 is 1.25 bits per heavy atom. The Kier molecular flexibility index (Phi) is 5.18. The number of benzene rings is 1. The zero-order chi connectivity index (χ0) is 20.5. The molecule has 0 saturated heterocycles. The van der Waals surface area contributed by atoms with Crippen molar-refractivity contribution in [3.05, 3.63) is 51.9 Å². The summed E-state index contributed by atoms with van der Waals surface area (Å²) in [6, 6.07) is 6.79. The first-order chi connectivity index (χ1) is 13.1. The van der Waals surface area contributed by atoms with E-state index in [-0.39, 0.29) is 29.6 Å². The molecule has 1 N–H and O–H groups in total. The first-order valence-electron chi connectivity index (χ1n) is 8.76. The molecule has 3 rings (SSSR count). The van der Waals surface area contributed by atoms with Crippen molar-refractivity contribution < 1.29 is 22.7 Å². The van der Waals surface area contributed by atoms with Crippen molar-refractivity contribution in [1.82, 2.24) is 9.97 Å². The third kappa shape index (κ3) is 4.35. The number of ether oxygens (including phenoxy) is 1. The maximum absolute atomic E-state index is 12.8. The molecule has 1 heterocycles. The van der Waals surface area contributed by atoms with E-state index in [9.17, 15) is 22.8 Å². The van der Waals surface area contributed by atoms with E-state index in [1.165, 1.54) is 18.2 Å². The lowest BCUT2D eigenvalue weighted by atomic mass is 9.62. The molecule has 0 spiro atoms. The Balaban J connectivity index is 1.82. The summed E-state index contributed by atoms with van der Waals surface area (Å²) >= 11 is 0. The van der Waals surface area contributed by atoms with Crippen LogP contribution in [0.25, 0.3) is 0 Å². The summed E-state index contributed by atoms with van der Waals surface area (Å²) < 4.78 is 40.9. The van der Waals surface area contributed by atoms with Crippen LogP contribution < -0.4 is 15.2 Å². The second kappa shape index (κ2) is 7.29. The van der Waals surface area contributed by atoms with Gasteiger partial charge in [-0.2, -0.15) is 0 Å². The smallest absolute Gasteiger partial charge is 0.406 e. The number of H-pyrrole nitrogens is 1. The molecule has 2 aromatic rings. The number of aromatic amines is 1. The van der Waals surface area contributed by atoms with Crippen LogP contribution in [0, 0.1) is 0 Å². The second-order valence-corrected chi connectivity index (χ2v) is 7.15. The van der Waals surface area contributed by atoms with Gasteiger partial charge in [-0.1, -0.05) is 18.6 Å². The first kappa shape index (κ1) is 19.9. The average Bonchev–Trinajstić information content (AvgIpc) is 2.57. The van der Waals surface area contributed by atoms with Gasteiger partial charge in [-0.3, -0.25) is 14.6 Å². The van der Waals surface area contributed by atoms with Crippen molar-refractivity contribution in [3.63, 3.8) is 0 Å². The summed E-state index contributed by atoms with van der Waals surface area (Å²) in [7, 11) is 3.40. The SMILES string of the molecule is CN(C)c1nc(C(=O)CC2(c3ccc(OC(F)(F)F)cc3)CCC2)cc(=O)[nH]1. The van der Waals surface area contributed by atoms with Crippen LogP contribution in [0.2, 0.25) is 0 Å². The zero-order valence-corrected chi connectivity index (χ0v) is 15.5. The van der Waals surface area contributed by atoms with Crippen molar-refractivity contribution >= 4 is 11.7 Å². The third-order valence-corrected chi connectivity index (χ3v) is 4.95. The highest BCUT2D eigenvalue weighted by Gasteiger charge is 2.41. The first-order valence-corrected chi connectivity index (χ1v) is 8.76. The summed E-state index contributed by atoms with van der Waals surface area (Å²) in [6.45, 7) is 0. The molecule has 0 bridgehead atoms. The molecule has 1 aromatic heterocycles. The highest BCUT2D eigenvalue weighted by Crippen LogP contribution is 2.47. The van der Waals surface area contributed by atoms with Gasteiger partial charge in [-0.15, -0.1) is 13.2 Å². The van der Waals surface area contributed by atoms with Gasteiger partial charge < -0.3 is 9.64 Å². The van der Waals surface area contributed by atoms with Gasteiger partial charge in [0.25, 0.3) is 5.56 Å². The lowest BCUT2D eigenvalue weighted by Gasteiger charge is -2.42. The van der Waals surface area contributed by atoms with Gasteiger partial charge in [0, 0.05) is 32.0 Å². The van der Waals surface area contributed by atoms with Crippen molar-refractivity contribution in [2.24, 2.45) is 0 Å². The van der Waals surface area contributed by atoms with Crippen LogP contribution >= 0.6 is 0 Å². The number of anilines is 1. The molecule has 0 radical (unpaired) electrons. The summed E-state index contributed by atoms with van der Waals surface area (Å²) in [5.41, 5.74) is -0.0236. The molecule has 0 unspecified atom stereocenters. The fourth-order valence-electron chi connectivity index (χ4n) is 3.38. The predicted molar refractivity (Wildman–Crippen MR) is 96.8 cm³/mol. The molecule has 1 aliphatic carbocycles. The van der Waals surface area contributed by atoms with E-state index in [1.54, 1.807) is 31.1 Å². The van der Waals surface area contributed by atoms with Gasteiger partial charge in [0.1, 0.15) is 11.4 Å². The van der Waals surface area contributed by atoms with Crippen LogP contribution in [-0.4, -0.2) is 36.2 Å². The molecule has 0 atom stereocenters. The average molecular weight is 395 g/mol. The Morgan fingerprint density at radius 3 is 2.39 bits per heavy atom. The van der Waals surface area contributed by atoms with E-state index < -0.39 is 17.3 Å². The van der Waals surface area contributed by atoms with Crippen LogP contribution in [0.1, 0.15) is 41.7 Å². The predicted octanol–water partition coefficient (Wildman–Crippen LogP) is 3.43. The number of carbonyl (C=O) groups excluding carboxylic acids is 1. The minimum Gasteiger partial charge on any atom is -0.406 e. The molecule has 1 aliphatic rings. The largest absolute Gasteiger partial charge is 0.573 e. The number of aromatic nitrogens is 2. The number of carbonyl (C=O) groups is 1. The molecule has 28 heavy (non-hydrogen) atoms. The number of ketones is 1. The van der Waals surface area contributed by atoms with Crippen LogP contribution in [0.4, 0.5) is 19.1 Å². The molecule has 1 aromatic carbocycles. The number of Topliss-reactive ketones (excluding diaryl/α,β-unsaturated/α-hetero) is 1. The van der Waals surface area contributed by atoms with Crippen molar-refractivity contribution in [2.45, 2.75) is 37.5 Å². The molecule has 150 valence electrons. The quantitative estimate of drug-likeness (QED) is 0.759. The minimum absolute atomic E-state index is 0.0794. The minimum atomic E-state index is -4.75. The number of halogens is 3. The number of rotatable bonds is 6. The lowest BCUT2D eigenvalue weighted by molar-refractivity contribution is -0.274. The number of nitrogens with one attached hydrogen (secondary N) is 1. The van der Waals surface area contributed by atoms with E-state index in [2.05, 4.69) is 14.7 Å². The van der Waals surface area contributed by atoms with Crippen LogP contribution in [0.5, 0.6) is 5.75 Å². The van der Waals surface area contributed by atoms with E-state index >= 15 is 0 Å². The molecule has 9 heteroatoms. The number of hydrogen-bond acceptors (Lipinski definition) is 5. The van der Waals surface area contributed by atoms with Gasteiger partial charge in [0.05, 0.1) is 0 Å². The van der Waals surface area contributed by atoms with E-state index in [1.807, 2.05) is 0 Å². The molecular formula is C19H20F3N3O3. The van der Waals surface area contributed by atoms with E-state index in [4.69, 9.17) is 0 Å². The van der Waals surface area contributed by atoms with Gasteiger partial charge in [-0.05, 0) is 30.5 Å². The van der Waals surface area contributed by atoms with Crippen molar-refractivity contribution in [3.8, 4) is 5.75 Å². The highest BCUT2D eigenvalue weighted by atomic mass is 19.4. The maximum atomic E-state index is 12.8. The molecule has 1 fully saturated rings. The summed E-state index contributed by atoms with van der Waals surface area (Å²) in [5, 5.41) is 0. The monoisotopic (exact) mass is 395 g/mol. The Bertz CT molecular complexity index is 917. The standard InChI is InChI=1S/C19H20F3N3O3/c1-25(2)17-23-14(10-16(27)24-17)15(26)11-18(8-3-9-18)12-4-6-13(7-5-12)28-19(20,21)22/h4-7,10H,3,8-9,11H2,1-2H3,(H,23,24,27). The summed E-state index contributed by atoms with van der Waals surface area (Å²) in [4.78, 5) is 33.0. The number of hydrogen-bond donors (Lipinski definition) is 1. The Hall–Kier alpha value is -2.84. The summed E-state index contributed by atoms with van der Waals surface area (Å²) in [5.74, 6) is -0.291. The highest BCUT2D eigenvalue weighted by molar-refractivity contribution is 5.95. The van der Waals surface area contributed by atoms with Crippen LogP contribution in [0.15, 0.2) is 35.1 Å². The molecule has 1 saturated carbocycles. The normalized spacial score (nSPS) is 15.6. The fraction of sp³-hybridized carbons (Fsp3) is 0.421. The second-order valence-electron chi connectivity index (χ2n) is 7.15. The van der Waals surface area contributed by atoms with Crippen molar-refractivity contribution in [1.29, 1.82) is 0 Å². The van der Waals surface area contributed by atoms with E-state index in [0.29, 0.717) is 0 Å². The lowest BCUT2D eigenvalue weighted by Crippen LogP contribution is -2.37. The fourth-order valence-corrected chi connectivity index (χ4v) is 3.38. The number of nitrogens with zero attached hydrogens (tertiary/aromatic N) is 2. The Morgan fingerprint density at radius 2 is 1.89 bits per heavy atom. The van der Waals surface area contributed by atoms with Gasteiger partial charge in [-0.25, -0.2) is 4.98 Å². The van der Waals surface area contributed by atoms with Gasteiger partial charge >= 0.3 is 6.36 Å². The van der Waals surface area contributed by atoms with Crippen LogP contribution in [-0.2, 0) is 5.41 Å². The molecule has 0 amide bonds. The van der Waals surface area contributed by atoms with Crippen molar-refractivity contribution in [2.75, 3.05) is 19.0 Å². The topological polar surface area (TPSA) is 75.3 Å². The molecule has 6 nitrogen and oxygen atoms in total. The van der Waals surface area contributed by atoms with E-state index in [0.717, 1.165) is 24.8 Å². The molecular weight excluding hydrogens is 375 g/mol. The van der Waals surface area contributed by atoms with Gasteiger partial charge in [0.15, 0.2) is 5.78 Å².